The van der Waals surface area contributed by atoms with Crippen LogP contribution in [-0.2, 0) is 16.0 Å². The van der Waals surface area contributed by atoms with Gasteiger partial charge in [-0.3, -0.25) is 9.59 Å². The summed E-state index contributed by atoms with van der Waals surface area (Å²) in [5.74, 6) is -0.255. The van der Waals surface area contributed by atoms with E-state index in [0.29, 0.717) is 47.1 Å². The number of aliphatic carboxylic acids is 1. The number of hydrogen-bond acceptors (Lipinski definition) is 5. The average molecular weight is 502 g/mol. The highest BCUT2D eigenvalue weighted by atomic mass is 16.4. The van der Waals surface area contributed by atoms with Gasteiger partial charge in [0.15, 0.2) is 0 Å². The number of carbonyl (C=O) groups excluding carboxylic acids is 1. The van der Waals surface area contributed by atoms with E-state index in [1.807, 2.05) is 57.2 Å². The highest BCUT2D eigenvalue weighted by molar-refractivity contribution is 6.11. The standard InChI is InChI=1S/C30H31NO6/c1-16-13-23-26(28-25(16)27(18(3)36-28)20-7-5-4-6-8-20)17(2)22(30(35)37-23)14-24(32)31-15-19-9-11-21(12-10-19)29(33)34/h4-8,13,19,21H,9-12,14-15H2,1-3H3,(H,31,32)(H,33,34). The van der Waals surface area contributed by atoms with Crippen LogP contribution in [0, 0.1) is 32.6 Å². The summed E-state index contributed by atoms with van der Waals surface area (Å²) >= 11 is 0. The van der Waals surface area contributed by atoms with Crippen molar-refractivity contribution in [3.63, 3.8) is 0 Å². The Morgan fingerprint density at radius 1 is 1.00 bits per heavy atom. The van der Waals surface area contributed by atoms with Crippen LogP contribution >= 0.6 is 0 Å². The topological polar surface area (TPSA) is 110 Å². The quantitative estimate of drug-likeness (QED) is 0.329. The number of benzene rings is 2. The number of furan rings is 1. The number of aryl methyl sites for hydroxylation is 3. The Balaban J connectivity index is 1.44. The van der Waals surface area contributed by atoms with Crippen molar-refractivity contribution >= 4 is 33.8 Å². The number of amides is 1. The van der Waals surface area contributed by atoms with E-state index in [4.69, 9.17) is 8.83 Å². The number of carboxylic acid groups (broad SMARTS) is 1. The van der Waals surface area contributed by atoms with Crippen molar-refractivity contribution in [3.05, 3.63) is 69.3 Å². The van der Waals surface area contributed by atoms with E-state index in [9.17, 15) is 19.5 Å². The third-order valence-electron chi connectivity index (χ3n) is 7.76. The zero-order chi connectivity index (χ0) is 26.3. The Morgan fingerprint density at radius 2 is 1.70 bits per heavy atom. The van der Waals surface area contributed by atoms with Gasteiger partial charge in [-0.15, -0.1) is 0 Å². The molecule has 2 aromatic heterocycles. The Morgan fingerprint density at radius 3 is 2.38 bits per heavy atom. The third-order valence-corrected chi connectivity index (χ3v) is 7.76. The molecule has 7 nitrogen and oxygen atoms in total. The first-order valence-corrected chi connectivity index (χ1v) is 12.8. The third kappa shape index (κ3) is 4.66. The zero-order valence-corrected chi connectivity index (χ0v) is 21.3. The Kier molecular flexibility index (Phi) is 6.63. The smallest absolute Gasteiger partial charge is 0.340 e. The van der Waals surface area contributed by atoms with E-state index in [-0.39, 0.29) is 24.2 Å². The molecule has 7 heteroatoms. The van der Waals surface area contributed by atoms with Crippen LogP contribution < -0.4 is 10.9 Å². The van der Waals surface area contributed by atoms with Crippen LogP contribution in [0.1, 0.15) is 48.1 Å². The van der Waals surface area contributed by atoms with E-state index < -0.39 is 11.6 Å². The molecule has 0 aliphatic heterocycles. The van der Waals surface area contributed by atoms with E-state index in [2.05, 4.69) is 5.32 Å². The van der Waals surface area contributed by atoms with Crippen LogP contribution in [0.2, 0.25) is 0 Å². The summed E-state index contributed by atoms with van der Waals surface area (Å²) in [5, 5.41) is 13.8. The largest absolute Gasteiger partial charge is 0.481 e. The maximum absolute atomic E-state index is 12.9. The molecule has 2 aromatic carbocycles. The molecule has 5 rings (SSSR count). The monoisotopic (exact) mass is 501 g/mol. The van der Waals surface area contributed by atoms with Gasteiger partial charge in [-0.25, -0.2) is 4.79 Å². The minimum Gasteiger partial charge on any atom is -0.481 e. The molecular formula is C30H31NO6. The van der Waals surface area contributed by atoms with Crippen molar-refractivity contribution in [1.82, 2.24) is 5.32 Å². The molecule has 4 aromatic rings. The lowest BCUT2D eigenvalue weighted by Gasteiger charge is -2.26. The summed E-state index contributed by atoms with van der Waals surface area (Å²) in [5.41, 5.74) is 4.59. The van der Waals surface area contributed by atoms with E-state index in [0.717, 1.165) is 40.7 Å². The summed E-state index contributed by atoms with van der Waals surface area (Å²) in [7, 11) is 0. The second-order valence-electron chi connectivity index (χ2n) is 10.2. The van der Waals surface area contributed by atoms with Crippen LogP contribution in [0.4, 0.5) is 0 Å². The lowest BCUT2D eigenvalue weighted by Crippen LogP contribution is -2.34. The van der Waals surface area contributed by atoms with E-state index >= 15 is 0 Å². The lowest BCUT2D eigenvalue weighted by molar-refractivity contribution is -0.143. The Bertz CT molecular complexity index is 1550. The van der Waals surface area contributed by atoms with Gasteiger partial charge in [0.25, 0.3) is 0 Å². The minimum atomic E-state index is -0.743. The van der Waals surface area contributed by atoms with Gasteiger partial charge in [-0.05, 0) is 75.1 Å². The average Bonchev–Trinajstić information content (AvgIpc) is 3.23. The summed E-state index contributed by atoms with van der Waals surface area (Å²) in [6.07, 6.45) is 2.72. The number of fused-ring (bicyclic) bond motifs is 3. The van der Waals surface area contributed by atoms with Crippen molar-refractivity contribution in [2.45, 2.75) is 52.9 Å². The fourth-order valence-corrected chi connectivity index (χ4v) is 5.70. The van der Waals surface area contributed by atoms with Crippen molar-refractivity contribution in [2.24, 2.45) is 11.8 Å². The number of nitrogens with one attached hydrogen (secondary N) is 1. The molecule has 0 spiro atoms. The predicted molar refractivity (Wildman–Crippen MR) is 142 cm³/mol. The van der Waals surface area contributed by atoms with Gasteiger partial charge in [0.1, 0.15) is 16.9 Å². The Hall–Kier alpha value is -3.87. The molecule has 1 fully saturated rings. The SMILES string of the molecule is Cc1oc2c(c(C)cc3oc(=O)c(CC(=O)NCC4CCC(C(=O)O)CC4)c(C)c32)c1-c1ccccc1. The lowest BCUT2D eigenvalue weighted by atomic mass is 9.82. The maximum Gasteiger partial charge on any atom is 0.340 e. The molecule has 192 valence electrons. The van der Waals surface area contributed by atoms with Crippen LogP contribution in [0.3, 0.4) is 0 Å². The first-order valence-electron chi connectivity index (χ1n) is 12.8. The van der Waals surface area contributed by atoms with Crippen molar-refractivity contribution in [1.29, 1.82) is 0 Å². The van der Waals surface area contributed by atoms with Gasteiger partial charge >= 0.3 is 11.6 Å². The molecule has 1 aliphatic rings. The molecule has 37 heavy (non-hydrogen) atoms. The Labute approximate surface area is 214 Å². The molecule has 0 radical (unpaired) electrons. The number of carboxylic acids is 1. The van der Waals surface area contributed by atoms with Crippen LogP contribution in [0.5, 0.6) is 0 Å². The molecule has 0 atom stereocenters. The van der Waals surface area contributed by atoms with Crippen molar-refractivity contribution in [2.75, 3.05) is 6.54 Å². The summed E-state index contributed by atoms with van der Waals surface area (Å²) in [6.45, 7) is 6.22. The maximum atomic E-state index is 12.9. The second-order valence-corrected chi connectivity index (χ2v) is 10.2. The van der Waals surface area contributed by atoms with Gasteiger partial charge in [-0.1, -0.05) is 30.3 Å². The molecule has 0 unspecified atom stereocenters. The predicted octanol–water partition coefficient (Wildman–Crippen LogP) is 5.68. The summed E-state index contributed by atoms with van der Waals surface area (Å²) in [6, 6.07) is 11.9. The molecular weight excluding hydrogens is 470 g/mol. The summed E-state index contributed by atoms with van der Waals surface area (Å²) in [4.78, 5) is 36.9. The minimum absolute atomic E-state index is 0.0881. The van der Waals surface area contributed by atoms with Crippen LogP contribution in [0.25, 0.3) is 33.1 Å². The first-order chi connectivity index (χ1) is 17.7. The van der Waals surface area contributed by atoms with Crippen molar-refractivity contribution in [3.8, 4) is 11.1 Å². The van der Waals surface area contributed by atoms with Gasteiger partial charge in [0.05, 0.1) is 23.3 Å². The number of carbonyl (C=O) groups is 2. The fraction of sp³-hybridized carbons (Fsp3) is 0.367. The molecule has 0 saturated heterocycles. The van der Waals surface area contributed by atoms with Gasteiger partial charge in [0, 0.05) is 17.5 Å². The highest BCUT2D eigenvalue weighted by Crippen LogP contribution is 2.41. The second kappa shape index (κ2) is 9.88. The van der Waals surface area contributed by atoms with E-state index in [1.165, 1.54) is 0 Å². The van der Waals surface area contributed by atoms with Crippen LogP contribution in [0.15, 0.2) is 50.0 Å². The highest BCUT2D eigenvalue weighted by Gasteiger charge is 2.27. The fourth-order valence-electron chi connectivity index (χ4n) is 5.70. The zero-order valence-electron chi connectivity index (χ0n) is 21.3. The van der Waals surface area contributed by atoms with Gasteiger partial charge in [0.2, 0.25) is 5.91 Å². The number of hydrogen-bond donors (Lipinski definition) is 2. The van der Waals surface area contributed by atoms with Crippen molar-refractivity contribution < 1.29 is 23.5 Å². The van der Waals surface area contributed by atoms with Crippen LogP contribution in [-0.4, -0.2) is 23.5 Å². The molecule has 2 heterocycles. The van der Waals surface area contributed by atoms with E-state index in [1.54, 1.807) is 0 Å². The van der Waals surface area contributed by atoms with Gasteiger partial charge in [-0.2, -0.15) is 0 Å². The van der Waals surface area contributed by atoms with Gasteiger partial charge < -0.3 is 19.3 Å². The summed E-state index contributed by atoms with van der Waals surface area (Å²) < 4.78 is 12.0. The first kappa shape index (κ1) is 24.8. The number of rotatable bonds is 6. The normalized spacial score (nSPS) is 17.8. The molecule has 2 N–H and O–H groups in total. The molecule has 0 bridgehead atoms. The molecule has 1 saturated carbocycles. The molecule has 1 amide bonds. The molecule has 1 aliphatic carbocycles.